The molecular formula is C25H24ClN3O4. The summed E-state index contributed by atoms with van der Waals surface area (Å²) in [5, 5.41) is 15.7. The molecule has 3 rings (SSSR count). The number of benzene rings is 3. The van der Waals surface area contributed by atoms with E-state index in [9.17, 15) is 10.1 Å². The molecule has 0 heterocycles. The maximum Gasteiger partial charge on any atom is 0.269 e. The molecule has 0 atom stereocenters. The molecule has 3 aromatic rings. The molecule has 0 fully saturated rings. The molecule has 0 radical (unpaired) electrons. The highest BCUT2D eigenvalue weighted by molar-refractivity contribution is 6.31. The lowest BCUT2D eigenvalue weighted by Crippen LogP contribution is -2.04. The third-order valence-corrected chi connectivity index (χ3v) is 5.00. The molecule has 0 amide bonds. The molecule has 0 unspecified atom stereocenters. The second-order valence-corrected chi connectivity index (χ2v) is 7.39. The van der Waals surface area contributed by atoms with E-state index in [4.69, 9.17) is 21.1 Å². The predicted molar refractivity (Wildman–Crippen MR) is 132 cm³/mol. The first-order chi connectivity index (χ1) is 16.0. The predicted octanol–water partition coefficient (Wildman–Crippen LogP) is 6.40. The molecule has 0 aromatic heterocycles. The molecule has 0 saturated heterocycles. The molecular weight excluding hydrogens is 442 g/mol. The first-order valence-electron chi connectivity index (χ1n) is 10.3. The van der Waals surface area contributed by atoms with Gasteiger partial charge in [0.05, 0.1) is 23.4 Å². The Balaban J connectivity index is 1.82. The zero-order valence-corrected chi connectivity index (χ0v) is 18.9. The molecule has 33 heavy (non-hydrogen) atoms. The number of nitro benzene ring substituents is 1. The number of nitrogens with zero attached hydrogens (tertiary/aromatic N) is 2. The van der Waals surface area contributed by atoms with E-state index < -0.39 is 4.92 Å². The van der Waals surface area contributed by atoms with Crippen LogP contribution < -0.4 is 14.9 Å². The molecule has 0 aliphatic carbocycles. The van der Waals surface area contributed by atoms with Crippen LogP contribution in [0, 0.1) is 10.1 Å². The van der Waals surface area contributed by atoms with Crippen LogP contribution in [-0.2, 0) is 13.0 Å². The molecule has 0 bridgehead atoms. The van der Waals surface area contributed by atoms with Gasteiger partial charge in [0.15, 0.2) is 11.5 Å². The van der Waals surface area contributed by atoms with Crippen LogP contribution in [0.25, 0.3) is 0 Å². The van der Waals surface area contributed by atoms with Gasteiger partial charge in [0.25, 0.3) is 5.69 Å². The number of anilines is 1. The van der Waals surface area contributed by atoms with Gasteiger partial charge in [0, 0.05) is 28.3 Å². The Hall–Kier alpha value is -3.84. The van der Waals surface area contributed by atoms with Crippen molar-refractivity contribution in [2.45, 2.75) is 20.0 Å². The van der Waals surface area contributed by atoms with Crippen molar-refractivity contribution in [1.82, 2.24) is 0 Å². The number of halogens is 1. The quantitative estimate of drug-likeness (QED) is 0.153. The standard InChI is InChI=1S/C25H24ClN3O4/c1-3-7-19-14-18(16-27-28-21-10-12-22(13-11-21)29(30)31)15-24(32-4-2)25(19)33-17-20-8-5-6-9-23(20)26/h3,5-6,8-16,28H,1,4,7,17H2,2H3/b27-16+. The number of rotatable bonds is 11. The van der Waals surface area contributed by atoms with E-state index in [0.29, 0.717) is 41.8 Å². The van der Waals surface area contributed by atoms with E-state index in [1.165, 1.54) is 12.1 Å². The number of nitro groups is 1. The molecule has 8 heteroatoms. The van der Waals surface area contributed by atoms with Crippen molar-refractivity contribution < 1.29 is 14.4 Å². The molecule has 7 nitrogen and oxygen atoms in total. The van der Waals surface area contributed by atoms with Crippen molar-refractivity contribution in [2.24, 2.45) is 5.10 Å². The third kappa shape index (κ3) is 6.57. The summed E-state index contributed by atoms with van der Waals surface area (Å²) in [6.07, 6.45) is 4.02. The highest BCUT2D eigenvalue weighted by Gasteiger charge is 2.14. The first-order valence-corrected chi connectivity index (χ1v) is 10.7. The zero-order chi connectivity index (χ0) is 23.6. The lowest BCUT2D eigenvalue weighted by atomic mass is 10.1. The van der Waals surface area contributed by atoms with Crippen LogP contribution in [0.3, 0.4) is 0 Å². The van der Waals surface area contributed by atoms with Crippen LogP contribution in [0.5, 0.6) is 11.5 Å². The van der Waals surface area contributed by atoms with Crippen LogP contribution in [0.15, 0.2) is 78.4 Å². The smallest absolute Gasteiger partial charge is 0.269 e. The Morgan fingerprint density at radius 1 is 1.12 bits per heavy atom. The van der Waals surface area contributed by atoms with Gasteiger partial charge < -0.3 is 9.47 Å². The van der Waals surface area contributed by atoms with Crippen LogP contribution >= 0.6 is 11.6 Å². The third-order valence-electron chi connectivity index (χ3n) is 4.63. The molecule has 1 N–H and O–H groups in total. The summed E-state index contributed by atoms with van der Waals surface area (Å²) in [6.45, 7) is 6.52. The fourth-order valence-corrected chi connectivity index (χ4v) is 3.29. The summed E-state index contributed by atoms with van der Waals surface area (Å²) in [5.74, 6) is 1.23. The Morgan fingerprint density at radius 2 is 1.88 bits per heavy atom. The topological polar surface area (TPSA) is 86.0 Å². The second-order valence-electron chi connectivity index (χ2n) is 6.99. The van der Waals surface area contributed by atoms with Gasteiger partial charge in [-0.15, -0.1) is 6.58 Å². The molecule has 0 aliphatic rings. The molecule has 0 spiro atoms. The van der Waals surface area contributed by atoms with Gasteiger partial charge in [-0.25, -0.2) is 0 Å². The Kier molecular flexibility index (Phi) is 8.43. The first kappa shape index (κ1) is 23.8. The van der Waals surface area contributed by atoms with Crippen molar-refractivity contribution in [3.63, 3.8) is 0 Å². The summed E-state index contributed by atoms with van der Waals surface area (Å²) >= 11 is 6.26. The van der Waals surface area contributed by atoms with Gasteiger partial charge >= 0.3 is 0 Å². The van der Waals surface area contributed by atoms with E-state index in [-0.39, 0.29) is 5.69 Å². The van der Waals surface area contributed by atoms with E-state index in [0.717, 1.165) is 16.7 Å². The summed E-state index contributed by atoms with van der Waals surface area (Å²) in [6, 6.07) is 17.3. The van der Waals surface area contributed by atoms with E-state index in [1.807, 2.05) is 43.3 Å². The average Bonchev–Trinajstić information content (AvgIpc) is 2.80. The maximum atomic E-state index is 10.8. The van der Waals surface area contributed by atoms with Gasteiger partial charge in [-0.05, 0) is 49.2 Å². The van der Waals surface area contributed by atoms with Crippen molar-refractivity contribution in [3.8, 4) is 11.5 Å². The van der Waals surface area contributed by atoms with Crippen LogP contribution in [0.1, 0.15) is 23.6 Å². The van der Waals surface area contributed by atoms with Gasteiger partial charge in [0.2, 0.25) is 0 Å². The van der Waals surface area contributed by atoms with Gasteiger partial charge in [-0.2, -0.15) is 5.10 Å². The minimum atomic E-state index is -0.446. The fourth-order valence-electron chi connectivity index (χ4n) is 3.10. The number of allylic oxidation sites excluding steroid dienone is 1. The Labute approximate surface area is 197 Å². The van der Waals surface area contributed by atoms with E-state index in [2.05, 4.69) is 17.1 Å². The highest BCUT2D eigenvalue weighted by Crippen LogP contribution is 2.34. The largest absolute Gasteiger partial charge is 0.490 e. The summed E-state index contributed by atoms with van der Waals surface area (Å²) in [4.78, 5) is 10.3. The molecule has 3 aromatic carbocycles. The summed E-state index contributed by atoms with van der Waals surface area (Å²) < 4.78 is 12.0. The monoisotopic (exact) mass is 465 g/mol. The number of hydrogen-bond donors (Lipinski definition) is 1. The van der Waals surface area contributed by atoms with Gasteiger partial charge in [0.1, 0.15) is 6.61 Å². The van der Waals surface area contributed by atoms with Crippen LogP contribution in [0.2, 0.25) is 5.02 Å². The maximum absolute atomic E-state index is 10.8. The minimum Gasteiger partial charge on any atom is -0.490 e. The Morgan fingerprint density at radius 3 is 2.55 bits per heavy atom. The highest BCUT2D eigenvalue weighted by atomic mass is 35.5. The molecule has 170 valence electrons. The van der Waals surface area contributed by atoms with Crippen molar-refractivity contribution in [1.29, 1.82) is 0 Å². The number of ether oxygens (including phenoxy) is 2. The normalized spacial score (nSPS) is 10.7. The SMILES string of the molecule is C=CCc1cc(/C=N/Nc2ccc([N+](=O)[O-])cc2)cc(OCC)c1OCc1ccccc1Cl. The summed E-state index contributed by atoms with van der Waals surface area (Å²) in [7, 11) is 0. The van der Waals surface area contributed by atoms with Crippen molar-refractivity contribution in [3.05, 3.63) is 105 Å². The minimum absolute atomic E-state index is 0.0207. The van der Waals surface area contributed by atoms with Gasteiger partial charge in [-0.1, -0.05) is 35.9 Å². The average molecular weight is 466 g/mol. The fraction of sp³-hybridized carbons (Fsp3) is 0.160. The number of hydrazone groups is 1. The zero-order valence-electron chi connectivity index (χ0n) is 18.2. The van der Waals surface area contributed by atoms with E-state index in [1.54, 1.807) is 24.4 Å². The van der Waals surface area contributed by atoms with Crippen molar-refractivity contribution >= 4 is 29.2 Å². The molecule has 0 saturated carbocycles. The van der Waals surface area contributed by atoms with Crippen molar-refractivity contribution in [2.75, 3.05) is 12.0 Å². The number of hydrogen-bond acceptors (Lipinski definition) is 6. The lowest BCUT2D eigenvalue weighted by Gasteiger charge is -2.17. The second kappa shape index (κ2) is 11.7. The van der Waals surface area contributed by atoms with E-state index >= 15 is 0 Å². The number of nitrogens with one attached hydrogen (secondary N) is 1. The van der Waals surface area contributed by atoms with Crippen LogP contribution in [0.4, 0.5) is 11.4 Å². The number of non-ortho nitro benzene ring substituents is 1. The molecule has 0 aliphatic heterocycles. The summed E-state index contributed by atoms with van der Waals surface area (Å²) in [5.41, 5.74) is 6.10. The lowest BCUT2D eigenvalue weighted by molar-refractivity contribution is -0.384. The Bertz CT molecular complexity index is 1150. The van der Waals surface area contributed by atoms with Crippen LogP contribution in [-0.4, -0.2) is 17.7 Å². The van der Waals surface area contributed by atoms with Gasteiger partial charge in [-0.3, -0.25) is 15.5 Å².